The van der Waals surface area contributed by atoms with Crippen LogP contribution in [0.5, 0.6) is 0 Å². The third kappa shape index (κ3) is 3.01. The molecule has 21 heavy (non-hydrogen) atoms. The fourth-order valence-electron chi connectivity index (χ4n) is 2.09. The second-order valence-electron chi connectivity index (χ2n) is 4.73. The molecule has 5 heteroatoms. The molecule has 3 rings (SSSR count). The summed E-state index contributed by atoms with van der Waals surface area (Å²) in [4.78, 5) is 8.94. The van der Waals surface area contributed by atoms with Gasteiger partial charge in [0, 0.05) is 27.9 Å². The van der Waals surface area contributed by atoms with E-state index in [1.807, 2.05) is 42.5 Å². The van der Waals surface area contributed by atoms with Gasteiger partial charge in [0.1, 0.15) is 0 Å². The maximum Gasteiger partial charge on any atom is 0.159 e. The number of fused-ring (bicyclic) bond motifs is 1. The highest BCUT2D eigenvalue weighted by Gasteiger charge is 2.04. The summed E-state index contributed by atoms with van der Waals surface area (Å²) in [6.07, 6.45) is 1.78. The van der Waals surface area contributed by atoms with E-state index in [0.717, 1.165) is 22.2 Å². The normalized spacial score (nSPS) is 10.6. The van der Waals surface area contributed by atoms with Gasteiger partial charge in [-0.05, 0) is 37.3 Å². The number of anilines is 1. The molecular weight excluding hydrogens is 284 g/mol. The van der Waals surface area contributed by atoms with Gasteiger partial charge in [0.2, 0.25) is 0 Å². The Balaban J connectivity index is 2.03. The van der Waals surface area contributed by atoms with Crippen molar-refractivity contribution in [3.8, 4) is 11.4 Å². The maximum atomic E-state index is 7.45. The van der Waals surface area contributed by atoms with Crippen LogP contribution in [0.2, 0.25) is 5.02 Å². The summed E-state index contributed by atoms with van der Waals surface area (Å²) in [7, 11) is 0. The monoisotopic (exact) mass is 296 g/mol. The quantitative estimate of drug-likeness (QED) is 0.545. The van der Waals surface area contributed by atoms with Gasteiger partial charge in [0.15, 0.2) is 5.82 Å². The molecule has 0 aliphatic carbocycles. The van der Waals surface area contributed by atoms with Crippen molar-refractivity contribution in [2.24, 2.45) is 0 Å². The van der Waals surface area contributed by atoms with Crippen molar-refractivity contribution in [3.63, 3.8) is 0 Å². The van der Waals surface area contributed by atoms with E-state index in [-0.39, 0.29) is 0 Å². The molecule has 1 aromatic heterocycles. The zero-order chi connectivity index (χ0) is 14.8. The highest BCUT2D eigenvalue weighted by Crippen LogP contribution is 2.23. The SMILES string of the molecule is CC(=N)Nc1ccc2nc(-c3cccc(Cl)c3)ncc2c1. The maximum absolute atomic E-state index is 7.45. The van der Waals surface area contributed by atoms with Crippen molar-refractivity contribution in [2.45, 2.75) is 6.92 Å². The van der Waals surface area contributed by atoms with Gasteiger partial charge in [-0.3, -0.25) is 5.41 Å². The first kappa shape index (κ1) is 13.5. The highest BCUT2D eigenvalue weighted by atomic mass is 35.5. The number of aromatic nitrogens is 2. The zero-order valence-corrected chi connectivity index (χ0v) is 12.1. The second kappa shape index (κ2) is 5.50. The van der Waals surface area contributed by atoms with Gasteiger partial charge in [-0.15, -0.1) is 0 Å². The lowest BCUT2D eigenvalue weighted by Crippen LogP contribution is -2.04. The van der Waals surface area contributed by atoms with Crippen molar-refractivity contribution in [1.82, 2.24) is 9.97 Å². The molecule has 4 nitrogen and oxygen atoms in total. The van der Waals surface area contributed by atoms with Crippen LogP contribution in [0.15, 0.2) is 48.7 Å². The van der Waals surface area contributed by atoms with Crippen LogP contribution in [-0.2, 0) is 0 Å². The molecule has 0 amide bonds. The number of amidine groups is 1. The molecule has 2 aromatic carbocycles. The summed E-state index contributed by atoms with van der Waals surface area (Å²) < 4.78 is 0. The van der Waals surface area contributed by atoms with Gasteiger partial charge in [-0.1, -0.05) is 23.7 Å². The molecule has 2 N–H and O–H groups in total. The molecule has 0 unspecified atom stereocenters. The van der Waals surface area contributed by atoms with E-state index in [9.17, 15) is 0 Å². The summed E-state index contributed by atoms with van der Waals surface area (Å²) >= 11 is 6.00. The summed E-state index contributed by atoms with van der Waals surface area (Å²) in [5, 5.41) is 12.0. The lowest BCUT2D eigenvalue weighted by atomic mass is 10.2. The van der Waals surface area contributed by atoms with Crippen LogP contribution in [0, 0.1) is 5.41 Å². The molecule has 0 fully saturated rings. The van der Waals surface area contributed by atoms with Crippen LogP contribution >= 0.6 is 11.6 Å². The Kier molecular flexibility index (Phi) is 3.54. The first-order valence-electron chi connectivity index (χ1n) is 6.47. The van der Waals surface area contributed by atoms with Crippen LogP contribution in [0.25, 0.3) is 22.3 Å². The first-order chi connectivity index (χ1) is 10.1. The Bertz CT molecular complexity index is 829. The van der Waals surface area contributed by atoms with Gasteiger partial charge in [-0.25, -0.2) is 9.97 Å². The molecule has 0 aliphatic heterocycles. The van der Waals surface area contributed by atoms with Gasteiger partial charge < -0.3 is 5.32 Å². The molecule has 0 saturated heterocycles. The summed E-state index contributed by atoms with van der Waals surface area (Å²) in [5.74, 6) is 1.04. The highest BCUT2D eigenvalue weighted by molar-refractivity contribution is 6.30. The molecule has 0 aliphatic rings. The molecule has 0 radical (unpaired) electrons. The summed E-state index contributed by atoms with van der Waals surface area (Å²) in [6.45, 7) is 1.70. The molecule has 3 aromatic rings. The van der Waals surface area contributed by atoms with Crippen molar-refractivity contribution in [2.75, 3.05) is 5.32 Å². The zero-order valence-electron chi connectivity index (χ0n) is 11.4. The van der Waals surface area contributed by atoms with E-state index >= 15 is 0 Å². The van der Waals surface area contributed by atoms with E-state index in [1.54, 1.807) is 13.1 Å². The Hall–Kier alpha value is -2.46. The van der Waals surface area contributed by atoms with Crippen molar-refractivity contribution in [3.05, 3.63) is 53.7 Å². The lowest BCUT2D eigenvalue weighted by Gasteiger charge is -2.06. The van der Waals surface area contributed by atoms with E-state index in [2.05, 4.69) is 15.3 Å². The predicted octanol–water partition coefficient (Wildman–Crippen LogP) is 4.36. The van der Waals surface area contributed by atoms with Gasteiger partial charge in [0.25, 0.3) is 0 Å². The molecule has 0 spiro atoms. The van der Waals surface area contributed by atoms with E-state index in [1.165, 1.54) is 0 Å². The second-order valence-corrected chi connectivity index (χ2v) is 5.16. The fourth-order valence-corrected chi connectivity index (χ4v) is 2.28. The van der Waals surface area contributed by atoms with Gasteiger partial charge in [-0.2, -0.15) is 0 Å². The largest absolute Gasteiger partial charge is 0.344 e. The van der Waals surface area contributed by atoms with Crippen LogP contribution in [0.1, 0.15) is 6.92 Å². The van der Waals surface area contributed by atoms with Crippen molar-refractivity contribution in [1.29, 1.82) is 5.41 Å². The van der Waals surface area contributed by atoms with Crippen LogP contribution in [0.3, 0.4) is 0 Å². The van der Waals surface area contributed by atoms with Crippen molar-refractivity contribution < 1.29 is 0 Å². The summed E-state index contributed by atoms with van der Waals surface area (Å²) in [5.41, 5.74) is 2.60. The average Bonchev–Trinajstić information content (AvgIpc) is 2.46. The van der Waals surface area contributed by atoms with Crippen LogP contribution in [0.4, 0.5) is 5.69 Å². The minimum Gasteiger partial charge on any atom is -0.344 e. The predicted molar refractivity (Wildman–Crippen MR) is 87.0 cm³/mol. The third-order valence-electron chi connectivity index (χ3n) is 2.99. The molecule has 1 heterocycles. The molecule has 0 saturated carbocycles. The molecule has 104 valence electrons. The van der Waals surface area contributed by atoms with Gasteiger partial charge in [0.05, 0.1) is 11.4 Å². The lowest BCUT2D eigenvalue weighted by molar-refractivity contribution is 1.23. The number of nitrogens with one attached hydrogen (secondary N) is 2. The van der Waals surface area contributed by atoms with Gasteiger partial charge >= 0.3 is 0 Å². The van der Waals surface area contributed by atoms with Crippen LogP contribution < -0.4 is 5.32 Å². The van der Waals surface area contributed by atoms with E-state index in [4.69, 9.17) is 17.0 Å². The Labute approximate surface area is 127 Å². The number of nitrogens with zero attached hydrogens (tertiary/aromatic N) is 2. The number of rotatable bonds is 2. The van der Waals surface area contributed by atoms with Crippen LogP contribution in [-0.4, -0.2) is 15.8 Å². The Morgan fingerprint density at radius 2 is 2.05 bits per heavy atom. The first-order valence-corrected chi connectivity index (χ1v) is 6.84. The third-order valence-corrected chi connectivity index (χ3v) is 3.23. The number of halogens is 1. The summed E-state index contributed by atoms with van der Waals surface area (Å²) in [6, 6.07) is 13.2. The number of hydrogen-bond acceptors (Lipinski definition) is 3. The topological polar surface area (TPSA) is 61.7 Å². The van der Waals surface area contributed by atoms with E-state index < -0.39 is 0 Å². The standard InChI is InChI=1S/C16H13ClN4/c1-10(18)20-14-5-6-15-12(8-14)9-19-16(21-15)11-3-2-4-13(17)7-11/h2-9H,1H3,(H2,18,20). The number of hydrogen-bond donors (Lipinski definition) is 2. The van der Waals surface area contributed by atoms with Crippen molar-refractivity contribution >= 4 is 34.0 Å². The fraction of sp³-hybridized carbons (Fsp3) is 0.0625. The smallest absolute Gasteiger partial charge is 0.159 e. The molecule has 0 atom stereocenters. The Morgan fingerprint density at radius 3 is 2.81 bits per heavy atom. The molecule has 0 bridgehead atoms. The minimum absolute atomic E-state index is 0.394. The minimum atomic E-state index is 0.394. The average molecular weight is 297 g/mol. The Morgan fingerprint density at radius 1 is 1.19 bits per heavy atom. The molecular formula is C16H13ClN4. The van der Waals surface area contributed by atoms with E-state index in [0.29, 0.717) is 16.7 Å². The number of benzene rings is 2.